The number of rotatable bonds is 2. The molecule has 0 spiro atoms. The smallest absolute Gasteiger partial charge is 0.166 e. The fourth-order valence-electron chi connectivity index (χ4n) is 1.91. The summed E-state index contributed by atoms with van der Waals surface area (Å²) >= 11 is 3.55. The minimum Gasteiger partial charge on any atom is -0.313 e. The highest BCUT2D eigenvalue weighted by Gasteiger charge is 2.09. The summed E-state index contributed by atoms with van der Waals surface area (Å²) in [5.41, 5.74) is 4.03. The molecule has 0 unspecified atom stereocenters. The maximum atomic E-state index is 10.9. The largest absolute Gasteiger partial charge is 0.313 e. The zero-order chi connectivity index (χ0) is 11.7. The first-order chi connectivity index (χ1) is 7.63. The van der Waals surface area contributed by atoms with Gasteiger partial charge in [-0.15, -0.1) is 0 Å². The molecule has 0 saturated heterocycles. The van der Waals surface area contributed by atoms with Gasteiger partial charge in [0.15, 0.2) is 6.29 Å². The van der Waals surface area contributed by atoms with Crippen molar-refractivity contribution in [2.75, 3.05) is 0 Å². The zero-order valence-corrected chi connectivity index (χ0v) is 10.8. The Morgan fingerprint density at radius 2 is 2.06 bits per heavy atom. The first-order valence-corrected chi connectivity index (χ1v) is 5.82. The normalized spacial score (nSPS) is 10.4. The third-order valence-corrected chi connectivity index (χ3v) is 3.14. The summed E-state index contributed by atoms with van der Waals surface area (Å²) in [5.74, 6) is 0. The van der Waals surface area contributed by atoms with Crippen LogP contribution in [0.5, 0.6) is 0 Å². The van der Waals surface area contributed by atoms with E-state index in [2.05, 4.69) is 35.0 Å². The summed E-state index contributed by atoms with van der Waals surface area (Å²) in [6, 6.07) is 7.83. The molecule has 0 fully saturated rings. The second-order valence-corrected chi connectivity index (χ2v) is 4.69. The van der Waals surface area contributed by atoms with Crippen molar-refractivity contribution in [1.82, 2.24) is 4.57 Å². The van der Waals surface area contributed by atoms with E-state index in [-0.39, 0.29) is 0 Å². The number of hydrogen-bond donors (Lipinski definition) is 0. The van der Waals surface area contributed by atoms with Crippen LogP contribution in [0.1, 0.15) is 21.6 Å². The quantitative estimate of drug-likeness (QED) is 0.768. The number of hydrogen-bond acceptors (Lipinski definition) is 1. The van der Waals surface area contributed by atoms with Crippen molar-refractivity contribution >= 4 is 22.2 Å². The van der Waals surface area contributed by atoms with Crippen molar-refractivity contribution in [2.45, 2.75) is 13.8 Å². The Labute approximate surface area is 103 Å². The molecule has 0 aliphatic heterocycles. The van der Waals surface area contributed by atoms with Crippen LogP contribution < -0.4 is 0 Å². The van der Waals surface area contributed by atoms with Gasteiger partial charge >= 0.3 is 0 Å². The number of carbonyl (C=O) groups is 1. The van der Waals surface area contributed by atoms with Gasteiger partial charge in [-0.2, -0.15) is 0 Å². The lowest BCUT2D eigenvalue weighted by atomic mass is 10.1. The summed E-state index contributed by atoms with van der Waals surface area (Å²) < 4.78 is 2.90. The van der Waals surface area contributed by atoms with Gasteiger partial charge in [0, 0.05) is 10.7 Å². The standard InChI is InChI=1S/C13H12BrNO/c1-9-6-10(2)13(12(14)7-9)15-5-3-4-11(15)8-16/h3-8H,1-2H3. The maximum Gasteiger partial charge on any atom is 0.166 e. The second-order valence-electron chi connectivity index (χ2n) is 3.83. The van der Waals surface area contributed by atoms with E-state index < -0.39 is 0 Å². The van der Waals surface area contributed by atoms with Crippen LogP contribution in [0.4, 0.5) is 0 Å². The molecule has 0 aliphatic rings. The van der Waals surface area contributed by atoms with Crippen molar-refractivity contribution in [3.05, 3.63) is 51.8 Å². The van der Waals surface area contributed by atoms with Gasteiger partial charge < -0.3 is 4.57 Å². The topological polar surface area (TPSA) is 22.0 Å². The molecular formula is C13H12BrNO. The first kappa shape index (κ1) is 11.1. The van der Waals surface area contributed by atoms with Gasteiger partial charge in [0.25, 0.3) is 0 Å². The van der Waals surface area contributed by atoms with E-state index in [0.29, 0.717) is 5.69 Å². The molecule has 0 N–H and O–H groups in total. The molecule has 1 aromatic carbocycles. The highest BCUT2D eigenvalue weighted by atomic mass is 79.9. The molecule has 2 rings (SSSR count). The van der Waals surface area contributed by atoms with Gasteiger partial charge in [0.05, 0.1) is 11.4 Å². The lowest BCUT2D eigenvalue weighted by Gasteiger charge is -2.12. The Hall–Kier alpha value is -1.35. The highest BCUT2D eigenvalue weighted by molar-refractivity contribution is 9.10. The van der Waals surface area contributed by atoms with Crippen molar-refractivity contribution in [3.8, 4) is 5.69 Å². The second kappa shape index (κ2) is 4.26. The van der Waals surface area contributed by atoms with E-state index in [9.17, 15) is 4.79 Å². The van der Waals surface area contributed by atoms with Crippen molar-refractivity contribution in [3.63, 3.8) is 0 Å². The number of aryl methyl sites for hydroxylation is 2. The summed E-state index contributed by atoms with van der Waals surface area (Å²) in [6.45, 7) is 4.10. The summed E-state index contributed by atoms with van der Waals surface area (Å²) in [6.07, 6.45) is 2.76. The summed E-state index contributed by atoms with van der Waals surface area (Å²) in [5, 5.41) is 0. The molecule has 0 bridgehead atoms. The minimum atomic E-state index is 0.660. The van der Waals surface area contributed by atoms with Gasteiger partial charge in [0.1, 0.15) is 0 Å². The molecular weight excluding hydrogens is 266 g/mol. The van der Waals surface area contributed by atoms with Gasteiger partial charge in [-0.25, -0.2) is 0 Å². The molecule has 2 nitrogen and oxygen atoms in total. The van der Waals surface area contributed by atoms with Crippen LogP contribution in [0.15, 0.2) is 34.9 Å². The van der Waals surface area contributed by atoms with Gasteiger partial charge in [-0.1, -0.05) is 6.07 Å². The lowest BCUT2D eigenvalue weighted by molar-refractivity contribution is 0.111. The highest BCUT2D eigenvalue weighted by Crippen LogP contribution is 2.27. The first-order valence-electron chi connectivity index (χ1n) is 5.03. The zero-order valence-electron chi connectivity index (χ0n) is 9.20. The van der Waals surface area contributed by atoms with E-state index >= 15 is 0 Å². The number of aromatic nitrogens is 1. The van der Waals surface area contributed by atoms with E-state index in [4.69, 9.17) is 0 Å². The third kappa shape index (κ3) is 1.83. The van der Waals surface area contributed by atoms with E-state index in [1.165, 1.54) is 5.56 Å². The van der Waals surface area contributed by atoms with E-state index in [0.717, 1.165) is 22.0 Å². The van der Waals surface area contributed by atoms with Crippen LogP contribution >= 0.6 is 15.9 Å². The SMILES string of the molecule is Cc1cc(C)c(-n2cccc2C=O)c(Br)c1. The Kier molecular flexibility index (Phi) is 2.97. The molecule has 1 aromatic heterocycles. The Bertz CT molecular complexity index is 520. The number of benzene rings is 1. The van der Waals surface area contributed by atoms with Crippen molar-refractivity contribution in [2.24, 2.45) is 0 Å². The number of carbonyl (C=O) groups excluding carboxylic acids is 1. The molecule has 2 aromatic rings. The molecule has 0 aliphatic carbocycles. The fourth-order valence-corrected chi connectivity index (χ4v) is 2.77. The average Bonchev–Trinajstić information content (AvgIpc) is 2.64. The fraction of sp³-hybridized carbons (Fsp3) is 0.154. The molecule has 16 heavy (non-hydrogen) atoms. The molecule has 3 heteroatoms. The minimum absolute atomic E-state index is 0.660. The lowest BCUT2D eigenvalue weighted by Crippen LogP contribution is -2.01. The predicted octanol–water partition coefficient (Wildman–Crippen LogP) is 3.67. The van der Waals surface area contributed by atoms with Crippen LogP contribution in [0, 0.1) is 13.8 Å². The molecule has 0 radical (unpaired) electrons. The monoisotopic (exact) mass is 277 g/mol. The van der Waals surface area contributed by atoms with Crippen LogP contribution in [-0.2, 0) is 0 Å². The Morgan fingerprint density at radius 1 is 1.31 bits per heavy atom. The van der Waals surface area contributed by atoms with E-state index in [1.807, 2.05) is 23.8 Å². The van der Waals surface area contributed by atoms with Crippen LogP contribution in [0.25, 0.3) is 5.69 Å². The average molecular weight is 278 g/mol. The maximum absolute atomic E-state index is 10.9. The van der Waals surface area contributed by atoms with Crippen LogP contribution in [0.2, 0.25) is 0 Å². The Balaban J connectivity index is 2.69. The molecule has 0 atom stereocenters. The number of halogens is 1. The van der Waals surface area contributed by atoms with Crippen LogP contribution in [-0.4, -0.2) is 10.9 Å². The molecule has 82 valence electrons. The Morgan fingerprint density at radius 3 is 2.69 bits per heavy atom. The number of aldehydes is 1. The molecule has 0 saturated carbocycles. The molecule has 1 heterocycles. The third-order valence-electron chi connectivity index (χ3n) is 2.54. The summed E-state index contributed by atoms with van der Waals surface area (Å²) in [4.78, 5) is 10.9. The van der Waals surface area contributed by atoms with Gasteiger partial charge in [-0.3, -0.25) is 4.79 Å². The van der Waals surface area contributed by atoms with E-state index in [1.54, 1.807) is 6.07 Å². The van der Waals surface area contributed by atoms with Gasteiger partial charge in [0.2, 0.25) is 0 Å². The molecule has 0 amide bonds. The van der Waals surface area contributed by atoms with Gasteiger partial charge in [-0.05, 0) is 59.1 Å². The van der Waals surface area contributed by atoms with Crippen molar-refractivity contribution < 1.29 is 4.79 Å². The van der Waals surface area contributed by atoms with Crippen molar-refractivity contribution in [1.29, 1.82) is 0 Å². The van der Waals surface area contributed by atoms with Crippen LogP contribution in [0.3, 0.4) is 0 Å². The summed E-state index contributed by atoms with van der Waals surface area (Å²) in [7, 11) is 0. The predicted molar refractivity (Wildman–Crippen MR) is 68.3 cm³/mol. The number of nitrogens with zero attached hydrogens (tertiary/aromatic N) is 1.